The standard InChI is InChI=1S/C38H37IN4O5/c1-37(2,3)38(41-36(44)45,20-25-8-6-5-7-9-25)24-48-30-19-31(34(40-21-30)28-16-17-47-23-28)27-12-15-33-32(18-27)35(39)42-43(33)22-26-10-13-29(46-4)14-11-26/h5-19,21,23,41H,20,22,24H2,1-4H3,(H,44,45)/t38-/m1/s1. The van der Waals surface area contributed by atoms with E-state index < -0.39 is 17.0 Å². The number of nitrogens with one attached hydrogen (secondary N) is 1. The van der Waals surface area contributed by atoms with Crippen molar-refractivity contribution in [2.75, 3.05) is 13.7 Å². The zero-order valence-electron chi connectivity index (χ0n) is 27.2. The van der Waals surface area contributed by atoms with Crippen molar-refractivity contribution in [1.82, 2.24) is 20.1 Å². The van der Waals surface area contributed by atoms with E-state index in [1.807, 2.05) is 92.2 Å². The lowest BCUT2D eigenvalue weighted by Crippen LogP contribution is -2.62. The van der Waals surface area contributed by atoms with Crippen molar-refractivity contribution in [2.24, 2.45) is 5.41 Å². The fraction of sp³-hybridized carbons (Fsp3) is 0.237. The maximum absolute atomic E-state index is 12.1. The minimum absolute atomic E-state index is 0.0962. The van der Waals surface area contributed by atoms with E-state index in [0.717, 1.165) is 53.9 Å². The van der Waals surface area contributed by atoms with Crippen molar-refractivity contribution in [3.8, 4) is 33.9 Å². The van der Waals surface area contributed by atoms with Gasteiger partial charge in [-0.2, -0.15) is 5.10 Å². The van der Waals surface area contributed by atoms with Crippen LogP contribution in [0.15, 0.2) is 108 Å². The summed E-state index contributed by atoms with van der Waals surface area (Å²) in [7, 11) is 1.66. The molecule has 48 heavy (non-hydrogen) atoms. The Kier molecular flexibility index (Phi) is 9.45. The molecule has 3 aromatic carbocycles. The molecule has 0 radical (unpaired) electrons. The van der Waals surface area contributed by atoms with Crippen molar-refractivity contribution >= 4 is 39.6 Å². The molecule has 0 aliphatic heterocycles. The number of hydrogen-bond donors (Lipinski definition) is 2. The van der Waals surface area contributed by atoms with Crippen molar-refractivity contribution in [3.63, 3.8) is 0 Å². The molecule has 246 valence electrons. The molecule has 6 aromatic rings. The van der Waals surface area contributed by atoms with Gasteiger partial charge in [0, 0.05) is 16.5 Å². The highest BCUT2D eigenvalue weighted by molar-refractivity contribution is 14.1. The summed E-state index contributed by atoms with van der Waals surface area (Å²) in [5.41, 5.74) is 5.09. The van der Waals surface area contributed by atoms with Crippen LogP contribution in [0.25, 0.3) is 33.3 Å². The third-order valence-electron chi connectivity index (χ3n) is 8.78. The van der Waals surface area contributed by atoms with Gasteiger partial charge in [0.05, 0.1) is 49.1 Å². The number of carbonyl (C=O) groups is 1. The van der Waals surface area contributed by atoms with Crippen molar-refractivity contribution in [2.45, 2.75) is 39.3 Å². The molecule has 0 aliphatic rings. The number of fused-ring (bicyclic) bond motifs is 1. The maximum Gasteiger partial charge on any atom is 0.405 e. The van der Waals surface area contributed by atoms with Gasteiger partial charge in [0.1, 0.15) is 21.8 Å². The lowest BCUT2D eigenvalue weighted by Gasteiger charge is -2.44. The van der Waals surface area contributed by atoms with Gasteiger partial charge in [0.2, 0.25) is 0 Å². The molecule has 0 aliphatic carbocycles. The Morgan fingerprint density at radius 2 is 1.73 bits per heavy atom. The van der Waals surface area contributed by atoms with Crippen LogP contribution >= 0.6 is 22.6 Å². The molecule has 3 aromatic heterocycles. The molecular formula is C38H37IN4O5. The fourth-order valence-electron chi connectivity index (χ4n) is 5.86. The Morgan fingerprint density at radius 3 is 2.40 bits per heavy atom. The normalized spacial score (nSPS) is 12.9. The van der Waals surface area contributed by atoms with Gasteiger partial charge in [-0.25, -0.2) is 4.79 Å². The van der Waals surface area contributed by atoms with Gasteiger partial charge < -0.3 is 24.3 Å². The maximum atomic E-state index is 12.1. The second-order valence-electron chi connectivity index (χ2n) is 12.8. The van der Waals surface area contributed by atoms with Gasteiger partial charge >= 0.3 is 6.09 Å². The van der Waals surface area contributed by atoms with Crippen LogP contribution in [-0.2, 0) is 13.0 Å². The summed E-state index contributed by atoms with van der Waals surface area (Å²) in [6, 6.07) is 28.0. The van der Waals surface area contributed by atoms with Gasteiger partial charge in [-0.3, -0.25) is 9.67 Å². The van der Waals surface area contributed by atoms with E-state index in [9.17, 15) is 9.90 Å². The summed E-state index contributed by atoms with van der Waals surface area (Å²) in [4.78, 5) is 17.0. The minimum Gasteiger partial charge on any atom is -0.497 e. The molecule has 2 N–H and O–H groups in total. The molecule has 0 unspecified atom stereocenters. The summed E-state index contributed by atoms with van der Waals surface area (Å²) in [5, 5.41) is 18.6. The van der Waals surface area contributed by atoms with E-state index in [2.05, 4.69) is 46.1 Å². The molecule has 0 spiro atoms. The molecule has 0 bridgehead atoms. The molecule has 0 saturated heterocycles. The van der Waals surface area contributed by atoms with Crippen molar-refractivity contribution in [1.29, 1.82) is 0 Å². The van der Waals surface area contributed by atoms with Gasteiger partial charge in [-0.1, -0.05) is 69.3 Å². The zero-order valence-corrected chi connectivity index (χ0v) is 29.4. The number of aromatic nitrogens is 3. The number of furan rings is 1. The highest BCUT2D eigenvalue weighted by Gasteiger charge is 2.44. The molecule has 0 saturated carbocycles. The predicted octanol–water partition coefficient (Wildman–Crippen LogP) is 8.69. The minimum atomic E-state index is -1.10. The number of benzene rings is 3. The molecular weight excluding hydrogens is 719 g/mol. The molecule has 3 heterocycles. The van der Waals surface area contributed by atoms with Crippen LogP contribution in [0.1, 0.15) is 31.9 Å². The van der Waals surface area contributed by atoms with Gasteiger partial charge in [-0.15, -0.1) is 0 Å². The number of hydrogen-bond acceptors (Lipinski definition) is 6. The van der Waals surface area contributed by atoms with Crippen LogP contribution in [0.4, 0.5) is 4.79 Å². The van der Waals surface area contributed by atoms with Crippen LogP contribution in [-0.4, -0.2) is 45.2 Å². The van der Waals surface area contributed by atoms with E-state index in [-0.39, 0.29) is 6.61 Å². The number of rotatable bonds is 11. The summed E-state index contributed by atoms with van der Waals surface area (Å²) < 4.78 is 20.1. The lowest BCUT2D eigenvalue weighted by molar-refractivity contribution is 0.0686. The number of ether oxygens (including phenoxy) is 2. The van der Waals surface area contributed by atoms with E-state index >= 15 is 0 Å². The zero-order chi connectivity index (χ0) is 33.9. The van der Waals surface area contributed by atoms with Gasteiger partial charge in [0.15, 0.2) is 0 Å². The Balaban J connectivity index is 1.36. The van der Waals surface area contributed by atoms with Gasteiger partial charge in [-0.05, 0) is 87.5 Å². The third kappa shape index (κ3) is 7.03. The van der Waals surface area contributed by atoms with Gasteiger partial charge in [0.25, 0.3) is 0 Å². The molecule has 1 atom stereocenters. The van der Waals surface area contributed by atoms with Crippen LogP contribution < -0.4 is 14.8 Å². The molecule has 10 heteroatoms. The van der Waals surface area contributed by atoms with E-state index in [1.165, 1.54) is 0 Å². The largest absolute Gasteiger partial charge is 0.497 e. The number of nitrogens with zero attached hydrogens (tertiary/aromatic N) is 3. The summed E-state index contributed by atoms with van der Waals surface area (Å²) in [6.45, 7) is 6.78. The van der Waals surface area contributed by atoms with Crippen molar-refractivity contribution < 1.29 is 23.8 Å². The number of pyridine rings is 1. The second-order valence-corrected chi connectivity index (χ2v) is 13.8. The van der Waals surface area contributed by atoms with Crippen molar-refractivity contribution in [3.05, 3.63) is 118 Å². The molecule has 1 amide bonds. The highest BCUT2D eigenvalue weighted by atomic mass is 127. The SMILES string of the molecule is COc1ccc(Cn2nc(I)c3cc(-c4cc(OC[C@@](Cc5ccccc5)(NC(=O)O)C(C)(C)C)cnc4-c4ccoc4)ccc32)cc1. The molecule has 6 rings (SSSR count). The lowest BCUT2D eigenvalue weighted by atomic mass is 9.70. The predicted molar refractivity (Wildman–Crippen MR) is 194 cm³/mol. The fourth-order valence-corrected chi connectivity index (χ4v) is 6.55. The monoisotopic (exact) mass is 756 g/mol. The van der Waals surface area contributed by atoms with Crippen LogP contribution in [0.2, 0.25) is 0 Å². The topological polar surface area (TPSA) is 112 Å². The Morgan fingerprint density at radius 1 is 0.958 bits per heavy atom. The average molecular weight is 757 g/mol. The number of amides is 1. The quantitative estimate of drug-likeness (QED) is 0.127. The highest BCUT2D eigenvalue weighted by Crippen LogP contribution is 2.38. The number of halogens is 1. The Labute approximate surface area is 293 Å². The summed E-state index contributed by atoms with van der Waals surface area (Å²) in [5.74, 6) is 1.34. The van der Waals surface area contributed by atoms with E-state index in [1.54, 1.807) is 25.8 Å². The molecule has 0 fully saturated rings. The van der Waals surface area contributed by atoms with E-state index in [4.69, 9.17) is 24.0 Å². The first-order valence-electron chi connectivity index (χ1n) is 15.5. The number of methoxy groups -OCH3 is 1. The van der Waals surface area contributed by atoms with Crippen LogP contribution in [0, 0.1) is 9.12 Å². The Hall–Kier alpha value is -4.84. The van der Waals surface area contributed by atoms with Crippen LogP contribution in [0.5, 0.6) is 11.5 Å². The Bertz CT molecular complexity index is 2020. The number of carboxylic acid groups (broad SMARTS) is 1. The average Bonchev–Trinajstić information content (AvgIpc) is 3.72. The summed E-state index contributed by atoms with van der Waals surface area (Å²) in [6.07, 6.45) is 4.32. The van der Waals surface area contributed by atoms with E-state index in [0.29, 0.717) is 18.7 Å². The third-order valence-corrected chi connectivity index (χ3v) is 9.58. The summed E-state index contributed by atoms with van der Waals surface area (Å²) >= 11 is 2.28. The smallest absolute Gasteiger partial charge is 0.405 e. The first-order chi connectivity index (χ1) is 23.0. The first-order valence-corrected chi connectivity index (χ1v) is 16.6. The first kappa shape index (κ1) is 33.1. The second kappa shape index (κ2) is 13.7. The molecule has 9 nitrogen and oxygen atoms in total. The van der Waals surface area contributed by atoms with Crippen LogP contribution in [0.3, 0.4) is 0 Å².